The number of anilines is 1. The number of hydrogen-bond donors (Lipinski definition) is 5. The Morgan fingerprint density at radius 2 is 1.67 bits per heavy atom. The Bertz CT molecular complexity index is 2490. The average Bonchev–Trinajstić information content (AvgIpc) is 3.58. The van der Waals surface area contributed by atoms with Crippen LogP contribution in [0.3, 0.4) is 0 Å². The molecule has 19 heteroatoms. The molecule has 67 heavy (non-hydrogen) atoms. The lowest BCUT2D eigenvalue weighted by Crippen LogP contribution is -2.59. The number of benzene rings is 2. The summed E-state index contributed by atoms with van der Waals surface area (Å²) >= 11 is 0. The first-order valence-electron chi connectivity index (χ1n) is 23.7. The number of aromatic nitrogens is 2. The minimum absolute atomic E-state index is 0.0625. The molecule has 8 rings (SSSR count). The predicted molar refractivity (Wildman–Crippen MR) is 252 cm³/mol. The number of carbonyl (C=O) groups is 4. The summed E-state index contributed by atoms with van der Waals surface area (Å²) in [5.41, 5.74) is 4.07. The van der Waals surface area contributed by atoms with Crippen molar-refractivity contribution < 1.29 is 28.0 Å². The van der Waals surface area contributed by atoms with Gasteiger partial charge in [0.2, 0.25) is 23.6 Å². The van der Waals surface area contributed by atoms with Gasteiger partial charge in [0.15, 0.2) is 0 Å². The zero-order valence-corrected chi connectivity index (χ0v) is 38.8. The van der Waals surface area contributed by atoms with Crippen molar-refractivity contribution in [2.24, 2.45) is 13.0 Å². The highest BCUT2D eigenvalue weighted by Crippen LogP contribution is 2.38. The van der Waals surface area contributed by atoms with Gasteiger partial charge in [-0.05, 0) is 73.4 Å². The predicted octanol–water partition coefficient (Wildman–Crippen LogP) is 3.22. The standard InChI is InChI=1S/C48H64F2N12O5/c1-30(63)60-19-13-38(37(29-60)46(52)61-15-5-7-31-24-35(33(26-51)27-53-2)36(45(49)50)25-41(31)61)54-34-11-17-59(18-12-34)43(65)14-16-57-20-22-58(23-21-57)28-32-6-4-8-39-44(32)56(3)48(67)62(39)40-9-10-42(64)55-47(40)66/h4,6,8,24-27,34,37-38,40,45,51-54H,5,7,9-23,28-29H2,1-3H3,(H,55,64,66)/b33-27+,51-26?,52-46?. The SMILES string of the molecule is CN/C=C(\C=N)c1cc2c(cc1C(F)F)N(C(=N)C1CN(C(C)=O)CCC1NC1CCN(C(=O)CCN3CCN(Cc4cccc5c4n(C)c(=O)n5C4CCC(=O)NC4=O)CC3)CC1)CCC2. The molecule has 0 bridgehead atoms. The van der Waals surface area contributed by atoms with Crippen molar-refractivity contribution >= 4 is 58.0 Å². The number of imidazole rings is 1. The van der Waals surface area contributed by atoms with Gasteiger partial charge in [-0.3, -0.25) is 43.9 Å². The van der Waals surface area contributed by atoms with E-state index in [1.165, 1.54) is 23.8 Å². The number of likely N-dealkylation sites (tertiary alicyclic amines) is 2. The highest BCUT2D eigenvalue weighted by atomic mass is 19.3. The number of rotatable bonds is 13. The Morgan fingerprint density at radius 3 is 2.36 bits per heavy atom. The number of alkyl halides is 2. The molecule has 4 amide bonds. The van der Waals surface area contributed by atoms with Crippen LogP contribution in [0.15, 0.2) is 41.3 Å². The minimum atomic E-state index is -2.78. The largest absolute Gasteiger partial charge is 0.393 e. The van der Waals surface area contributed by atoms with Crippen LogP contribution in [0.5, 0.6) is 0 Å². The van der Waals surface area contributed by atoms with Gasteiger partial charge >= 0.3 is 5.69 Å². The van der Waals surface area contributed by atoms with Crippen LogP contribution in [-0.4, -0.2) is 149 Å². The van der Waals surface area contributed by atoms with Crippen LogP contribution < -0.4 is 26.5 Å². The molecule has 0 aliphatic carbocycles. The van der Waals surface area contributed by atoms with E-state index in [9.17, 15) is 38.2 Å². The normalized spacial score (nSPS) is 22.6. The number of nitrogens with zero attached hydrogens (tertiary/aromatic N) is 7. The van der Waals surface area contributed by atoms with Crippen molar-refractivity contribution in [3.8, 4) is 0 Å². The maximum absolute atomic E-state index is 14.6. The fraction of sp³-hybridized carbons (Fsp3) is 0.562. The maximum atomic E-state index is 14.6. The van der Waals surface area contributed by atoms with Crippen LogP contribution >= 0.6 is 0 Å². The van der Waals surface area contributed by atoms with Gasteiger partial charge in [0.05, 0.1) is 11.0 Å². The highest BCUT2D eigenvalue weighted by Gasteiger charge is 2.39. The van der Waals surface area contributed by atoms with Crippen LogP contribution in [0.25, 0.3) is 16.6 Å². The zero-order valence-electron chi connectivity index (χ0n) is 38.8. The Labute approximate surface area is 389 Å². The molecule has 4 fully saturated rings. The van der Waals surface area contributed by atoms with Gasteiger partial charge in [-0.25, -0.2) is 13.6 Å². The van der Waals surface area contributed by atoms with Gasteiger partial charge in [-0.1, -0.05) is 12.1 Å². The summed E-state index contributed by atoms with van der Waals surface area (Å²) in [6.45, 7) is 8.70. The van der Waals surface area contributed by atoms with Gasteiger partial charge in [-0.2, -0.15) is 0 Å². The summed E-state index contributed by atoms with van der Waals surface area (Å²) in [6.07, 6.45) is 4.28. The number of piperazine rings is 1. The van der Waals surface area contributed by atoms with E-state index in [0.717, 1.165) is 68.3 Å². The summed E-state index contributed by atoms with van der Waals surface area (Å²) in [7, 11) is 3.38. The van der Waals surface area contributed by atoms with Gasteiger partial charge in [0, 0.05) is 153 Å². The first kappa shape index (κ1) is 47.7. The van der Waals surface area contributed by atoms with Crippen molar-refractivity contribution in [2.45, 2.75) is 89.4 Å². The number of carbonyl (C=O) groups excluding carboxylic acids is 4. The molecule has 1 aromatic heterocycles. The topological polar surface area (TPSA) is 195 Å². The number of amidine groups is 1. The summed E-state index contributed by atoms with van der Waals surface area (Å²) in [6, 6.07) is 8.26. The minimum Gasteiger partial charge on any atom is -0.393 e. The Balaban J connectivity index is 0.836. The van der Waals surface area contributed by atoms with Gasteiger partial charge in [-0.15, -0.1) is 0 Å². The van der Waals surface area contributed by atoms with Crippen molar-refractivity contribution in [3.05, 3.63) is 69.3 Å². The Kier molecular flexibility index (Phi) is 14.7. The van der Waals surface area contributed by atoms with E-state index in [1.54, 1.807) is 29.6 Å². The molecule has 5 N–H and O–H groups in total. The quantitative estimate of drug-likeness (QED) is 0.0966. The van der Waals surface area contributed by atoms with E-state index in [2.05, 4.69) is 25.8 Å². The number of piperidine rings is 3. The number of hydrogen-bond acceptors (Lipinski definition) is 11. The molecule has 5 aliphatic rings. The van der Waals surface area contributed by atoms with Crippen molar-refractivity contribution in [2.75, 3.05) is 77.4 Å². The van der Waals surface area contributed by atoms with Gasteiger partial charge in [0.1, 0.15) is 11.9 Å². The molecular weight excluding hydrogens is 863 g/mol. The average molecular weight is 927 g/mol. The molecule has 3 unspecified atom stereocenters. The third-order valence-corrected chi connectivity index (χ3v) is 14.6. The molecule has 0 radical (unpaired) electrons. The van der Waals surface area contributed by atoms with E-state index >= 15 is 0 Å². The zero-order chi connectivity index (χ0) is 47.5. The smallest absolute Gasteiger partial charge is 0.329 e. The summed E-state index contributed by atoms with van der Waals surface area (Å²) in [5, 5.41) is 26.5. The van der Waals surface area contributed by atoms with Crippen LogP contribution in [0, 0.1) is 16.7 Å². The monoisotopic (exact) mass is 927 g/mol. The van der Waals surface area contributed by atoms with E-state index in [0.29, 0.717) is 93.3 Å². The number of para-hydroxylation sites is 1. The third kappa shape index (κ3) is 10.1. The van der Waals surface area contributed by atoms with Crippen molar-refractivity contribution in [3.63, 3.8) is 0 Å². The van der Waals surface area contributed by atoms with Crippen molar-refractivity contribution in [1.82, 2.24) is 44.7 Å². The summed E-state index contributed by atoms with van der Waals surface area (Å²) in [4.78, 5) is 74.3. The highest BCUT2D eigenvalue weighted by molar-refractivity contribution is 6.09. The van der Waals surface area contributed by atoms with Crippen molar-refractivity contribution in [1.29, 1.82) is 10.8 Å². The number of halogens is 2. The third-order valence-electron chi connectivity index (χ3n) is 14.6. The first-order valence-corrected chi connectivity index (χ1v) is 23.7. The molecule has 0 spiro atoms. The molecule has 4 saturated heterocycles. The van der Waals surface area contributed by atoms with Crippen LogP contribution in [-0.2, 0) is 39.2 Å². The lowest BCUT2D eigenvalue weighted by Gasteiger charge is -2.45. The molecular formula is C48H64F2N12O5. The number of aryl methyl sites for hydroxylation is 2. The van der Waals surface area contributed by atoms with E-state index < -0.39 is 18.4 Å². The second-order valence-corrected chi connectivity index (χ2v) is 18.7. The molecule has 17 nitrogen and oxygen atoms in total. The van der Waals surface area contributed by atoms with E-state index in [1.807, 2.05) is 28.0 Å². The second kappa shape index (κ2) is 20.6. The number of allylic oxidation sites excluding steroid dienone is 1. The Hall–Kier alpha value is -5.79. The van der Waals surface area contributed by atoms with E-state index in [4.69, 9.17) is 5.41 Å². The van der Waals surface area contributed by atoms with Crippen LogP contribution in [0.2, 0.25) is 0 Å². The number of nitrogens with one attached hydrogen (secondary N) is 5. The molecule has 0 saturated carbocycles. The fourth-order valence-corrected chi connectivity index (χ4v) is 10.9. The fourth-order valence-electron chi connectivity index (χ4n) is 10.9. The molecule has 3 aromatic rings. The molecule has 2 aromatic carbocycles. The molecule has 360 valence electrons. The van der Waals surface area contributed by atoms with Crippen LogP contribution in [0.4, 0.5) is 14.5 Å². The van der Waals surface area contributed by atoms with E-state index in [-0.39, 0.29) is 59.8 Å². The summed E-state index contributed by atoms with van der Waals surface area (Å²) in [5.74, 6) is -0.773. The molecule has 5 aliphatic heterocycles. The van der Waals surface area contributed by atoms with Gasteiger partial charge < -0.3 is 35.6 Å². The Morgan fingerprint density at radius 1 is 0.940 bits per heavy atom. The van der Waals surface area contributed by atoms with Gasteiger partial charge in [0.25, 0.3) is 6.43 Å². The first-order chi connectivity index (χ1) is 32.3. The summed E-state index contributed by atoms with van der Waals surface area (Å²) < 4.78 is 32.3. The number of imide groups is 1. The molecule has 6 heterocycles. The molecule has 3 atom stereocenters. The lowest BCUT2D eigenvalue weighted by molar-refractivity contribution is -0.136. The number of fused-ring (bicyclic) bond motifs is 2. The maximum Gasteiger partial charge on any atom is 0.329 e. The second-order valence-electron chi connectivity index (χ2n) is 18.7. The van der Waals surface area contributed by atoms with Crippen LogP contribution in [0.1, 0.15) is 86.6 Å². The lowest BCUT2D eigenvalue weighted by atomic mass is 9.86. The number of amides is 4.